The predicted octanol–water partition coefficient (Wildman–Crippen LogP) is 2.89. The molecule has 2 heterocycles. The highest BCUT2D eigenvalue weighted by molar-refractivity contribution is 6.61. The van der Waals surface area contributed by atoms with Gasteiger partial charge in [0.1, 0.15) is 0 Å². The lowest BCUT2D eigenvalue weighted by Crippen LogP contribution is -2.41. The van der Waals surface area contributed by atoms with Crippen molar-refractivity contribution in [2.75, 3.05) is 0 Å². The monoisotopic (exact) mass is 350 g/mol. The summed E-state index contributed by atoms with van der Waals surface area (Å²) in [6, 6.07) is 0. The Morgan fingerprint density at radius 3 is 1.92 bits per heavy atom. The Morgan fingerprint density at radius 2 is 1.52 bits per heavy atom. The maximum atomic E-state index is 11.7. The number of rotatable bonds is 3. The van der Waals surface area contributed by atoms with Crippen LogP contribution in [0.1, 0.15) is 68.1 Å². The van der Waals surface area contributed by atoms with Crippen LogP contribution >= 0.6 is 0 Å². The summed E-state index contributed by atoms with van der Waals surface area (Å²) in [6.45, 7) is 17.4. The van der Waals surface area contributed by atoms with Gasteiger partial charge in [0.15, 0.2) is 12.4 Å². The van der Waals surface area contributed by atoms with E-state index in [0.717, 1.165) is 5.46 Å². The zero-order valence-electron chi connectivity index (χ0n) is 17.0. The molecule has 6 nitrogen and oxygen atoms in total. The minimum atomic E-state index is -0.539. The molecule has 0 amide bonds. The Labute approximate surface area is 151 Å². The van der Waals surface area contributed by atoms with Gasteiger partial charge in [-0.3, -0.25) is 4.79 Å². The lowest BCUT2D eigenvalue weighted by atomic mass is 9.81. The van der Waals surface area contributed by atoms with Crippen LogP contribution in [0, 0.1) is 5.41 Å². The van der Waals surface area contributed by atoms with Gasteiger partial charge in [0, 0.05) is 17.9 Å². The highest BCUT2D eigenvalue weighted by Gasteiger charge is 2.51. The molecule has 0 bridgehead atoms. The molecule has 7 heteroatoms. The van der Waals surface area contributed by atoms with Crippen molar-refractivity contribution in [3.63, 3.8) is 0 Å². The number of aromatic nitrogens is 2. The van der Waals surface area contributed by atoms with Crippen LogP contribution in [0.15, 0.2) is 12.4 Å². The second-order valence-electron chi connectivity index (χ2n) is 7.85. The van der Waals surface area contributed by atoms with Gasteiger partial charge in [-0.15, -0.1) is 0 Å². The number of hydrogen-bond acceptors (Lipinski definition) is 6. The van der Waals surface area contributed by atoms with E-state index >= 15 is 0 Å². The first-order valence-corrected chi connectivity index (χ1v) is 8.76. The molecule has 1 saturated heterocycles. The first-order chi connectivity index (χ1) is 11.4. The summed E-state index contributed by atoms with van der Waals surface area (Å²) >= 11 is 0. The minimum Gasteiger partial charge on any atom is -0.457 e. The molecular formula is C18H31BN2O4. The topological polar surface area (TPSA) is 70.5 Å². The van der Waals surface area contributed by atoms with E-state index in [9.17, 15) is 4.79 Å². The predicted molar refractivity (Wildman–Crippen MR) is 98.3 cm³/mol. The molecule has 2 rings (SSSR count). The van der Waals surface area contributed by atoms with Gasteiger partial charge in [-0.05, 0) is 48.5 Å². The average Bonchev–Trinajstić information content (AvgIpc) is 2.74. The van der Waals surface area contributed by atoms with Crippen molar-refractivity contribution >= 4 is 18.6 Å². The third kappa shape index (κ3) is 5.25. The Bertz CT molecular complexity index is 564. The molecule has 25 heavy (non-hydrogen) atoms. The van der Waals surface area contributed by atoms with Crippen LogP contribution in [-0.2, 0) is 25.4 Å². The highest BCUT2D eigenvalue weighted by Crippen LogP contribution is 2.36. The van der Waals surface area contributed by atoms with E-state index in [1.807, 2.05) is 41.5 Å². The van der Waals surface area contributed by atoms with Gasteiger partial charge in [0.05, 0.1) is 16.6 Å². The first kappa shape index (κ1) is 21.6. The van der Waals surface area contributed by atoms with E-state index < -0.39 is 23.7 Å². The summed E-state index contributed by atoms with van der Waals surface area (Å²) in [4.78, 5) is 20.2. The minimum absolute atomic E-state index is 0.0553. The maximum absolute atomic E-state index is 11.7. The van der Waals surface area contributed by atoms with Crippen molar-refractivity contribution in [2.24, 2.45) is 5.41 Å². The Balaban J connectivity index is 0.00000151. The van der Waals surface area contributed by atoms with Crippen molar-refractivity contribution in [3.8, 4) is 0 Å². The average molecular weight is 350 g/mol. The second-order valence-corrected chi connectivity index (χ2v) is 7.85. The molecule has 1 aliphatic rings. The van der Waals surface area contributed by atoms with Crippen LogP contribution in [-0.4, -0.2) is 34.3 Å². The van der Waals surface area contributed by atoms with E-state index in [0.29, 0.717) is 5.82 Å². The molecular weight excluding hydrogens is 319 g/mol. The largest absolute Gasteiger partial charge is 0.498 e. The SMILES string of the molecule is CC.CC(C)(C)C(=O)OCc1ncc(B2OC(C)(C)C(C)(C)O2)cn1. The van der Waals surface area contributed by atoms with Crippen LogP contribution < -0.4 is 5.46 Å². The number of nitrogens with zero attached hydrogens (tertiary/aromatic N) is 2. The number of ether oxygens (including phenoxy) is 1. The lowest BCUT2D eigenvalue weighted by Gasteiger charge is -2.32. The highest BCUT2D eigenvalue weighted by atomic mass is 16.7. The van der Waals surface area contributed by atoms with E-state index in [4.69, 9.17) is 14.0 Å². The van der Waals surface area contributed by atoms with Gasteiger partial charge in [-0.25, -0.2) is 9.97 Å². The van der Waals surface area contributed by atoms with Crippen molar-refractivity contribution in [3.05, 3.63) is 18.2 Å². The van der Waals surface area contributed by atoms with Crippen LogP contribution in [0.5, 0.6) is 0 Å². The van der Waals surface area contributed by atoms with Crippen LogP contribution in [0.2, 0.25) is 0 Å². The summed E-state index contributed by atoms with van der Waals surface area (Å²) in [7, 11) is -0.494. The van der Waals surface area contributed by atoms with Crippen molar-refractivity contribution in [1.29, 1.82) is 0 Å². The number of carbonyl (C=O) groups excluding carboxylic acids is 1. The van der Waals surface area contributed by atoms with E-state index in [1.54, 1.807) is 33.2 Å². The maximum Gasteiger partial charge on any atom is 0.498 e. The lowest BCUT2D eigenvalue weighted by molar-refractivity contribution is -0.154. The van der Waals surface area contributed by atoms with Crippen LogP contribution in [0.4, 0.5) is 0 Å². The molecule has 0 unspecified atom stereocenters. The fourth-order valence-electron chi connectivity index (χ4n) is 1.89. The molecule has 0 aromatic carbocycles. The molecule has 1 aliphatic heterocycles. The Morgan fingerprint density at radius 1 is 1.08 bits per heavy atom. The molecule has 0 N–H and O–H groups in total. The van der Waals surface area contributed by atoms with Gasteiger partial charge >= 0.3 is 13.1 Å². The third-order valence-corrected chi connectivity index (χ3v) is 4.20. The van der Waals surface area contributed by atoms with E-state index in [2.05, 4.69) is 9.97 Å². The van der Waals surface area contributed by atoms with Crippen molar-refractivity contribution in [2.45, 2.75) is 80.1 Å². The smallest absolute Gasteiger partial charge is 0.457 e. The summed E-state index contributed by atoms with van der Waals surface area (Å²) in [5.41, 5.74) is -0.602. The van der Waals surface area contributed by atoms with Gasteiger partial charge in [0.25, 0.3) is 0 Å². The standard InChI is InChI=1S/C16H25BN2O4.C2H6/c1-14(2,3)13(20)21-10-12-18-8-11(9-19-12)17-22-15(4,5)16(6,7)23-17;1-2/h8-9H,10H2,1-7H3;1-2H3. The van der Waals surface area contributed by atoms with Crippen molar-refractivity contribution < 1.29 is 18.8 Å². The summed E-state index contributed by atoms with van der Waals surface area (Å²) in [5.74, 6) is 0.166. The Hall–Kier alpha value is -1.47. The van der Waals surface area contributed by atoms with Gasteiger partial charge in [-0.1, -0.05) is 13.8 Å². The molecule has 0 atom stereocenters. The van der Waals surface area contributed by atoms with Gasteiger partial charge in [0.2, 0.25) is 0 Å². The second kappa shape index (κ2) is 7.83. The summed E-state index contributed by atoms with van der Waals surface area (Å²) in [5, 5.41) is 0. The zero-order chi connectivity index (χ0) is 19.5. The molecule has 140 valence electrons. The molecule has 0 aliphatic carbocycles. The summed E-state index contributed by atoms with van der Waals surface area (Å²) in [6.07, 6.45) is 3.30. The fourth-order valence-corrected chi connectivity index (χ4v) is 1.89. The van der Waals surface area contributed by atoms with Crippen LogP contribution in [0.3, 0.4) is 0 Å². The molecule has 0 radical (unpaired) electrons. The van der Waals surface area contributed by atoms with Gasteiger partial charge in [-0.2, -0.15) is 0 Å². The quantitative estimate of drug-likeness (QED) is 0.617. The normalized spacial score (nSPS) is 18.4. The molecule has 1 aromatic rings. The van der Waals surface area contributed by atoms with E-state index in [-0.39, 0.29) is 12.6 Å². The molecule has 1 aromatic heterocycles. The molecule has 0 spiro atoms. The number of esters is 1. The zero-order valence-corrected chi connectivity index (χ0v) is 17.0. The molecule has 0 saturated carbocycles. The van der Waals surface area contributed by atoms with Crippen LogP contribution in [0.25, 0.3) is 0 Å². The Kier molecular flexibility index (Phi) is 6.76. The van der Waals surface area contributed by atoms with Gasteiger partial charge < -0.3 is 14.0 Å². The summed E-state index contributed by atoms with van der Waals surface area (Å²) < 4.78 is 17.1. The fraction of sp³-hybridized carbons (Fsp3) is 0.722. The van der Waals surface area contributed by atoms with E-state index in [1.165, 1.54) is 0 Å². The number of hydrogen-bond donors (Lipinski definition) is 0. The van der Waals surface area contributed by atoms with Crippen molar-refractivity contribution in [1.82, 2.24) is 9.97 Å². The number of carbonyl (C=O) groups is 1. The molecule has 1 fully saturated rings. The third-order valence-electron chi connectivity index (χ3n) is 4.20. The first-order valence-electron chi connectivity index (χ1n) is 8.76.